The third-order valence-electron chi connectivity index (χ3n) is 4.61. The predicted octanol–water partition coefficient (Wildman–Crippen LogP) is 5.77. The van der Waals surface area contributed by atoms with Crippen LogP contribution in [0.25, 0.3) is 0 Å². The van der Waals surface area contributed by atoms with Gasteiger partial charge in [-0.15, -0.1) is 6.58 Å². The van der Waals surface area contributed by atoms with Gasteiger partial charge in [-0.3, -0.25) is 0 Å². The first-order chi connectivity index (χ1) is 15.5. The van der Waals surface area contributed by atoms with E-state index in [1.165, 1.54) is 17.6 Å². The molecule has 0 bridgehead atoms. The molecule has 3 N–H and O–H groups in total. The van der Waals surface area contributed by atoms with Crippen LogP contribution in [0.3, 0.4) is 0 Å². The summed E-state index contributed by atoms with van der Waals surface area (Å²) in [5, 5.41) is 25.9. The Balaban J connectivity index is 0.00000109. The van der Waals surface area contributed by atoms with E-state index in [1.807, 2.05) is 36.4 Å². The lowest BCUT2D eigenvalue weighted by atomic mass is 10.0. The van der Waals surface area contributed by atoms with Crippen LogP contribution in [0.15, 0.2) is 76.8 Å². The number of rotatable bonds is 13. The maximum Gasteiger partial charge on any atom is 0.328 e. The fourth-order valence-corrected chi connectivity index (χ4v) is 3.10. The van der Waals surface area contributed by atoms with Gasteiger partial charge in [0.05, 0.1) is 6.10 Å². The topological polar surface area (TPSA) is 98.1 Å². The number of benzene rings is 1. The molecule has 0 aromatic heterocycles. The number of halogens is 1. The van der Waals surface area contributed by atoms with Crippen LogP contribution in [0.4, 0.5) is 0 Å². The highest BCUT2D eigenvalue weighted by molar-refractivity contribution is 9.10. The average Bonchev–Trinajstić information content (AvgIpc) is 2.73. The van der Waals surface area contributed by atoms with Crippen LogP contribution in [0.1, 0.15) is 51.2 Å². The zero-order chi connectivity index (χ0) is 25.2. The smallest absolute Gasteiger partial charge is 0.328 e. The van der Waals surface area contributed by atoms with Crippen LogP contribution < -0.4 is 0 Å². The van der Waals surface area contributed by atoms with Gasteiger partial charge in [0.25, 0.3) is 0 Å². The van der Waals surface area contributed by atoms with Gasteiger partial charge in [0, 0.05) is 23.2 Å². The molecule has 0 aliphatic heterocycles. The number of aliphatic hydroxyl groups is 1. The second-order valence-electron chi connectivity index (χ2n) is 7.76. The summed E-state index contributed by atoms with van der Waals surface area (Å²) in [6, 6.07) is 7.82. The maximum absolute atomic E-state index is 10.3. The molecule has 33 heavy (non-hydrogen) atoms. The van der Waals surface area contributed by atoms with Gasteiger partial charge in [-0.1, -0.05) is 57.4 Å². The van der Waals surface area contributed by atoms with Crippen molar-refractivity contribution in [2.75, 3.05) is 20.1 Å². The van der Waals surface area contributed by atoms with E-state index in [-0.39, 0.29) is 0 Å². The molecule has 1 rings (SSSR count). The van der Waals surface area contributed by atoms with Gasteiger partial charge >= 0.3 is 11.9 Å². The number of likely N-dealkylation sites (N-methyl/N-ethyl adjacent to an activating group) is 1. The van der Waals surface area contributed by atoms with E-state index in [0.29, 0.717) is 12.2 Å². The van der Waals surface area contributed by atoms with Crippen LogP contribution in [-0.2, 0) is 9.59 Å². The average molecular weight is 522 g/mol. The fourth-order valence-electron chi connectivity index (χ4n) is 2.84. The minimum absolute atomic E-state index is 0.529. The van der Waals surface area contributed by atoms with Gasteiger partial charge in [0.1, 0.15) is 0 Å². The normalized spacial score (nSPS) is 12.9. The molecule has 0 aliphatic carbocycles. The summed E-state index contributed by atoms with van der Waals surface area (Å²) in [5.74, 6) is -2.51. The maximum atomic E-state index is 10.3. The van der Waals surface area contributed by atoms with Crippen LogP contribution >= 0.6 is 15.9 Å². The summed E-state index contributed by atoms with van der Waals surface area (Å²) in [6.07, 6.45) is 11.2. The molecule has 6 nitrogen and oxygen atoms in total. The van der Waals surface area contributed by atoms with Crippen molar-refractivity contribution in [2.24, 2.45) is 0 Å². The highest BCUT2D eigenvalue weighted by atomic mass is 79.9. The molecule has 0 spiro atoms. The molecule has 0 saturated carbocycles. The van der Waals surface area contributed by atoms with E-state index in [9.17, 15) is 14.7 Å². The summed E-state index contributed by atoms with van der Waals surface area (Å²) in [7, 11) is 2.13. The zero-order valence-corrected chi connectivity index (χ0v) is 21.3. The summed E-state index contributed by atoms with van der Waals surface area (Å²) in [6.45, 7) is 10.1. The Morgan fingerprint density at radius 3 is 2.15 bits per heavy atom. The molecule has 0 amide bonds. The predicted molar refractivity (Wildman–Crippen MR) is 137 cm³/mol. The number of hydrogen-bond acceptors (Lipinski definition) is 4. The first-order valence-corrected chi connectivity index (χ1v) is 11.5. The Morgan fingerprint density at radius 1 is 1.06 bits per heavy atom. The van der Waals surface area contributed by atoms with Crippen molar-refractivity contribution in [1.29, 1.82) is 0 Å². The van der Waals surface area contributed by atoms with Crippen molar-refractivity contribution in [1.82, 2.24) is 4.90 Å². The van der Waals surface area contributed by atoms with Crippen LogP contribution in [0, 0.1) is 0 Å². The van der Waals surface area contributed by atoms with Crippen molar-refractivity contribution in [3.05, 3.63) is 82.4 Å². The van der Waals surface area contributed by atoms with Gasteiger partial charge in [-0.2, -0.15) is 0 Å². The molecule has 1 aromatic rings. The lowest BCUT2D eigenvalue weighted by molar-refractivity contribution is -0.134. The molecule has 1 aromatic carbocycles. The second-order valence-corrected chi connectivity index (χ2v) is 8.68. The lowest BCUT2D eigenvalue weighted by Gasteiger charge is -2.13. The zero-order valence-electron chi connectivity index (χ0n) is 19.7. The molecule has 1 atom stereocenters. The van der Waals surface area contributed by atoms with Crippen molar-refractivity contribution < 1.29 is 24.9 Å². The van der Waals surface area contributed by atoms with Crippen LogP contribution in [0.5, 0.6) is 0 Å². The third-order valence-corrected chi connectivity index (χ3v) is 5.13. The first kappa shape index (κ1) is 30.5. The Labute approximate surface area is 205 Å². The Morgan fingerprint density at radius 2 is 1.64 bits per heavy atom. The molecule has 1 unspecified atom stereocenters. The number of carboxylic acid groups (broad SMARTS) is 2. The van der Waals surface area contributed by atoms with Crippen molar-refractivity contribution in [2.45, 2.75) is 45.6 Å². The van der Waals surface area contributed by atoms with E-state index >= 15 is 0 Å². The van der Waals surface area contributed by atoms with E-state index in [4.69, 9.17) is 10.2 Å². The van der Waals surface area contributed by atoms with Gasteiger partial charge in [0.2, 0.25) is 0 Å². The molecule has 182 valence electrons. The minimum Gasteiger partial charge on any atom is -0.478 e. The summed E-state index contributed by atoms with van der Waals surface area (Å²) >= 11 is 3.42. The summed E-state index contributed by atoms with van der Waals surface area (Å²) in [4.78, 5) is 21.4. The summed E-state index contributed by atoms with van der Waals surface area (Å²) in [5.41, 5.74) is 3.61. The standard InChI is InChI=1S/C22H32BrNO.C4H4O4/c1-5-15-24(4)16-7-10-18(2)8-6-9-19(3)17-22(25)20-11-13-21(23)14-12-20;5-3(6)1-2-4(7)8/h5,8,11-14,17,22,25H,1,6-7,9-10,15-16H2,2-4H3;1-2H,(H,5,6)(H,7,8)/b18-8+,19-17+;2-1+. The first-order valence-electron chi connectivity index (χ1n) is 10.7. The van der Waals surface area contributed by atoms with Crippen LogP contribution in [0.2, 0.25) is 0 Å². The second kappa shape index (κ2) is 18.0. The van der Waals surface area contributed by atoms with Crippen molar-refractivity contribution in [3.8, 4) is 0 Å². The van der Waals surface area contributed by atoms with E-state index in [1.54, 1.807) is 0 Å². The number of carbonyl (C=O) groups is 2. The number of carboxylic acids is 2. The molecule has 0 radical (unpaired) electrons. The van der Waals surface area contributed by atoms with E-state index in [0.717, 1.165) is 42.4 Å². The van der Waals surface area contributed by atoms with Gasteiger partial charge < -0.3 is 20.2 Å². The Kier molecular flexibility index (Phi) is 16.7. The highest BCUT2D eigenvalue weighted by Gasteiger charge is 2.04. The number of nitrogens with zero attached hydrogens (tertiary/aromatic N) is 1. The van der Waals surface area contributed by atoms with Crippen molar-refractivity contribution >= 4 is 27.9 Å². The fraction of sp³-hybridized carbons (Fsp3) is 0.385. The molecular formula is C26H36BrNO5. The monoisotopic (exact) mass is 521 g/mol. The number of allylic oxidation sites excluding steroid dienone is 3. The van der Waals surface area contributed by atoms with E-state index in [2.05, 4.69) is 54.4 Å². The van der Waals surface area contributed by atoms with Crippen molar-refractivity contribution in [3.63, 3.8) is 0 Å². The third kappa shape index (κ3) is 17.7. The molecule has 0 heterocycles. The molecule has 0 saturated heterocycles. The number of aliphatic carboxylic acids is 2. The highest BCUT2D eigenvalue weighted by Crippen LogP contribution is 2.20. The van der Waals surface area contributed by atoms with Crippen LogP contribution in [-0.4, -0.2) is 52.3 Å². The molecule has 0 aliphatic rings. The SMILES string of the molecule is C=CCN(C)CCC/C(C)=C/CC/C(C)=C/C(O)c1ccc(Br)cc1.O=C(O)/C=C/C(=O)O. The largest absolute Gasteiger partial charge is 0.478 e. The molecule has 7 heteroatoms. The van der Waals surface area contributed by atoms with Gasteiger partial charge in [-0.05, 0) is 70.8 Å². The van der Waals surface area contributed by atoms with Gasteiger partial charge in [-0.25, -0.2) is 9.59 Å². The summed E-state index contributed by atoms with van der Waals surface area (Å²) < 4.78 is 1.03. The Hall–Kier alpha value is -2.48. The number of aliphatic hydroxyl groups excluding tert-OH is 1. The Bertz CT molecular complexity index is 812. The minimum atomic E-state index is -1.26. The quantitative estimate of drug-likeness (QED) is 0.225. The lowest BCUT2D eigenvalue weighted by Crippen LogP contribution is -2.19. The van der Waals surface area contributed by atoms with E-state index < -0.39 is 18.0 Å². The van der Waals surface area contributed by atoms with Gasteiger partial charge in [0.15, 0.2) is 0 Å². The molecular weight excluding hydrogens is 486 g/mol. The number of hydrogen-bond donors (Lipinski definition) is 3. The molecule has 0 fully saturated rings.